The zero-order valence-electron chi connectivity index (χ0n) is 12.7. The lowest BCUT2D eigenvalue weighted by molar-refractivity contribution is -0.101. The quantitative estimate of drug-likeness (QED) is 0.916. The second kappa shape index (κ2) is 5.78. The average Bonchev–Trinajstić information content (AvgIpc) is 2.42. The molecule has 0 amide bonds. The normalized spacial score (nSPS) is 22.4. The lowest BCUT2D eigenvalue weighted by Crippen LogP contribution is -2.48. The van der Waals surface area contributed by atoms with E-state index < -0.39 is 11.6 Å². The third-order valence-electron chi connectivity index (χ3n) is 4.59. The summed E-state index contributed by atoms with van der Waals surface area (Å²) in [5.74, 6) is -0.344. The Labute approximate surface area is 120 Å². The van der Waals surface area contributed by atoms with Crippen LogP contribution in [0.5, 0.6) is 0 Å². The van der Waals surface area contributed by atoms with E-state index in [1.165, 1.54) is 6.20 Å². The van der Waals surface area contributed by atoms with Crippen LogP contribution in [0.25, 0.3) is 0 Å². The van der Waals surface area contributed by atoms with Crippen LogP contribution in [-0.2, 0) is 4.74 Å². The summed E-state index contributed by atoms with van der Waals surface area (Å²) in [5.41, 5.74) is 6.76. The molecule has 112 valence electrons. The van der Waals surface area contributed by atoms with Crippen molar-refractivity contribution in [1.82, 2.24) is 4.98 Å². The van der Waals surface area contributed by atoms with Crippen molar-refractivity contribution in [2.45, 2.75) is 58.1 Å². The Morgan fingerprint density at radius 1 is 1.35 bits per heavy atom. The summed E-state index contributed by atoms with van der Waals surface area (Å²) < 4.78 is 20.0. The van der Waals surface area contributed by atoms with E-state index in [1.807, 2.05) is 6.92 Å². The zero-order valence-corrected chi connectivity index (χ0v) is 12.7. The van der Waals surface area contributed by atoms with Gasteiger partial charge in [0, 0.05) is 18.4 Å². The van der Waals surface area contributed by atoms with E-state index in [4.69, 9.17) is 10.5 Å². The summed E-state index contributed by atoms with van der Waals surface area (Å²) in [6, 6.07) is 1.22. The highest BCUT2D eigenvalue weighted by atomic mass is 19.1. The maximum atomic E-state index is 14.0. The van der Waals surface area contributed by atoms with Gasteiger partial charge in [0.2, 0.25) is 0 Å². The molecule has 1 aliphatic rings. The highest BCUT2D eigenvalue weighted by molar-refractivity contribution is 5.21. The Morgan fingerprint density at radius 3 is 2.55 bits per heavy atom. The minimum absolute atomic E-state index is 0.317. The van der Waals surface area contributed by atoms with Crippen LogP contribution in [0.4, 0.5) is 4.39 Å². The Bertz CT molecular complexity index is 452. The fraction of sp³-hybridized carbons (Fsp3) is 0.688. The van der Waals surface area contributed by atoms with Gasteiger partial charge in [0.05, 0.1) is 17.8 Å². The first-order valence-corrected chi connectivity index (χ1v) is 7.39. The molecule has 1 saturated carbocycles. The van der Waals surface area contributed by atoms with E-state index in [-0.39, 0.29) is 5.82 Å². The molecule has 2 N–H and O–H groups in total. The average molecular weight is 280 g/mol. The van der Waals surface area contributed by atoms with E-state index in [0.717, 1.165) is 25.7 Å². The summed E-state index contributed by atoms with van der Waals surface area (Å²) in [7, 11) is 0. The van der Waals surface area contributed by atoms with Crippen molar-refractivity contribution in [2.75, 3.05) is 6.61 Å². The van der Waals surface area contributed by atoms with Gasteiger partial charge in [0.1, 0.15) is 5.82 Å². The number of halogens is 1. The number of aromatic nitrogens is 1. The molecule has 0 aliphatic heterocycles. The van der Waals surface area contributed by atoms with Gasteiger partial charge in [-0.2, -0.15) is 0 Å². The summed E-state index contributed by atoms with van der Waals surface area (Å²) in [4.78, 5) is 3.79. The first-order chi connectivity index (χ1) is 9.40. The Hall–Kier alpha value is -1.00. The van der Waals surface area contributed by atoms with E-state index >= 15 is 0 Å². The number of nitrogens with zero attached hydrogens (tertiary/aromatic N) is 1. The summed E-state index contributed by atoms with van der Waals surface area (Å²) in [6.07, 6.45) is 6.65. The molecule has 0 bridgehead atoms. The maximum absolute atomic E-state index is 14.0. The van der Waals surface area contributed by atoms with Crippen molar-refractivity contribution in [3.63, 3.8) is 0 Å². The molecule has 0 spiro atoms. The van der Waals surface area contributed by atoms with Crippen LogP contribution in [-0.4, -0.2) is 17.2 Å². The summed E-state index contributed by atoms with van der Waals surface area (Å²) in [6.45, 7) is 7.10. The van der Waals surface area contributed by atoms with Crippen LogP contribution >= 0.6 is 0 Å². The number of pyridine rings is 1. The molecule has 4 heteroatoms. The van der Waals surface area contributed by atoms with Gasteiger partial charge in [-0.25, -0.2) is 4.39 Å². The Balaban J connectivity index is 2.27. The fourth-order valence-corrected chi connectivity index (χ4v) is 3.10. The van der Waals surface area contributed by atoms with Crippen LogP contribution in [0.1, 0.15) is 58.1 Å². The SMILES string of the molecule is CCOC1(C(N)c2ccncc2F)CCC(C)(C)CC1. The molecule has 1 unspecified atom stereocenters. The predicted molar refractivity (Wildman–Crippen MR) is 77.7 cm³/mol. The van der Waals surface area contributed by atoms with Crippen LogP contribution in [0, 0.1) is 11.2 Å². The first-order valence-electron chi connectivity index (χ1n) is 7.39. The second-order valence-electron chi connectivity index (χ2n) is 6.54. The van der Waals surface area contributed by atoms with Crippen molar-refractivity contribution in [1.29, 1.82) is 0 Å². The highest BCUT2D eigenvalue weighted by Gasteiger charge is 2.44. The minimum atomic E-state index is -0.452. The molecule has 3 nitrogen and oxygen atoms in total. The molecule has 1 aromatic heterocycles. The third-order valence-corrected chi connectivity index (χ3v) is 4.59. The molecule has 0 aromatic carbocycles. The standard InChI is InChI=1S/C16H25FN2O/c1-4-20-16(8-6-15(2,3)7-9-16)14(18)12-5-10-19-11-13(12)17/h5,10-11,14H,4,6-9,18H2,1-3H3. The van der Waals surface area contributed by atoms with Gasteiger partial charge in [-0.3, -0.25) is 4.98 Å². The molecule has 1 fully saturated rings. The number of hydrogen-bond donors (Lipinski definition) is 1. The second-order valence-corrected chi connectivity index (χ2v) is 6.54. The first kappa shape index (κ1) is 15.4. The lowest BCUT2D eigenvalue weighted by atomic mass is 9.67. The zero-order chi connectivity index (χ0) is 14.8. The van der Waals surface area contributed by atoms with E-state index in [2.05, 4.69) is 18.8 Å². The van der Waals surface area contributed by atoms with Crippen LogP contribution < -0.4 is 5.73 Å². The maximum Gasteiger partial charge on any atom is 0.146 e. The molecule has 1 aromatic rings. The van der Waals surface area contributed by atoms with E-state index in [9.17, 15) is 4.39 Å². The highest BCUT2D eigenvalue weighted by Crippen LogP contribution is 2.47. The van der Waals surface area contributed by atoms with Crippen molar-refractivity contribution in [3.05, 3.63) is 29.8 Å². The largest absolute Gasteiger partial charge is 0.373 e. The van der Waals surface area contributed by atoms with Gasteiger partial charge in [-0.1, -0.05) is 13.8 Å². The van der Waals surface area contributed by atoms with Gasteiger partial charge in [-0.05, 0) is 44.1 Å². The monoisotopic (exact) mass is 280 g/mol. The van der Waals surface area contributed by atoms with Gasteiger partial charge in [0.25, 0.3) is 0 Å². The molecule has 1 heterocycles. The molecule has 2 rings (SSSR count). The Kier molecular flexibility index (Phi) is 4.45. The molecule has 1 atom stereocenters. The van der Waals surface area contributed by atoms with Gasteiger partial charge < -0.3 is 10.5 Å². The van der Waals surface area contributed by atoms with E-state index in [0.29, 0.717) is 17.6 Å². The number of nitrogens with two attached hydrogens (primary N) is 1. The smallest absolute Gasteiger partial charge is 0.146 e. The molecule has 0 radical (unpaired) electrons. The summed E-state index contributed by atoms with van der Waals surface area (Å²) >= 11 is 0. The van der Waals surface area contributed by atoms with Crippen LogP contribution in [0.15, 0.2) is 18.5 Å². The van der Waals surface area contributed by atoms with Crippen molar-refractivity contribution in [2.24, 2.45) is 11.1 Å². The molecule has 1 aliphatic carbocycles. The van der Waals surface area contributed by atoms with Crippen LogP contribution in [0.3, 0.4) is 0 Å². The van der Waals surface area contributed by atoms with Crippen molar-refractivity contribution < 1.29 is 9.13 Å². The number of rotatable bonds is 4. The van der Waals surface area contributed by atoms with E-state index in [1.54, 1.807) is 12.3 Å². The lowest BCUT2D eigenvalue weighted by Gasteiger charge is -2.46. The summed E-state index contributed by atoms with van der Waals surface area (Å²) in [5, 5.41) is 0. The Morgan fingerprint density at radius 2 is 2.00 bits per heavy atom. The van der Waals surface area contributed by atoms with Gasteiger partial charge in [0.15, 0.2) is 0 Å². The topological polar surface area (TPSA) is 48.1 Å². The number of ether oxygens (including phenoxy) is 1. The third kappa shape index (κ3) is 3.01. The number of hydrogen-bond acceptors (Lipinski definition) is 3. The minimum Gasteiger partial charge on any atom is -0.373 e. The molecular formula is C16H25FN2O. The van der Waals surface area contributed by atoms with Crippen molar-refractivity contribution in [3.8, 4) is 0 Å². The fourth-order valence-electron chi connectivity index (χ4n) is 3.10. The van der Waals surface area contributed by atoms with Crippen LogP contribution in [0.2, 0.25) is 0 Å². The van der Waals surface area contributed by atoms with Gasteiger partial charge in [-0.15, -0.1) is 0 Å². The molecule has 20 heavy (non-hydrogen) atoms. The molecule has 0 saturated heterocycles. The van der Waals surface area contributed by atoms with Crippen molar-refractivity contribution >= 4 is 0 Å². The van der Waals surface area contributed by atoms with Gasteiger partial charge >= 0.3 is 0 Å². The predicted octanol–water partition coefficient (Wildman–Crippen LogP) is 3.60. The molecular weight excluding hydrogens is 255 g/mol.